The van der Waals surface area contributed by atoms with E-state index >= 15 is 0 Å². The Bertz CT molecular complexity index is 670. The van der Waals surface area contributed by atoms with Gasteiger partial charge in [-0.15, -0.1) is 0 Å². The number of nitriles is 1. The zero-order valence-electron chi connectivity index (χ0n) is 10.3. The monoisotopic (exact) mass is 274 g/mol. The Hall–Kier alpha value is -2.33. The molecule has 0 aliphatic rings. The Labute approximate surface area is 113 Å². The number of rotatable bonds is 3. The summed E-state index contributed by atoms with van der Waals surface area (Å²) in [6.45, 7) is 3.69. The summed E-state index contributed by atoms with van der Waals surface area (Å²) in [7, 11) is 0. The molecule has 0 bridgehead atoms. The van der Waals surface area contributed by atoms with Crippen LogP contribution in [-0.4, -0.2) is 14.7 Å². The molecule has 1 heterocycles. The van der Waals surface area contributed by atoms with Crippen molar-refractivity contribution in [1.29, 1.82) is 5.26 Å². The first-order chi connectivity index (χ1) is 9.04. The van der Waals surface area contributed by atoms with Crippen LogP contribution in [0.2, 0.25) is 0 Å². The van der Waals surface area contributed by atoms with Crippen molar-refractivity contribution in [3.8, 4) is 11.1 Å². The number of hydrogen-bond acceptors (Lipinski definition) is 5. The van der Waals surface area contributed by atoms with Crippen molar-refractivity contribution < 1.29 is 4.92 Å². The molecule has 0 saturated carbocycles. The largest absolute Gasteiger partial charge is 0.269 e. The third kappa shape index (κ3) is 2.44. The summed E-state index contributed by atoms with van der Waals surface area (Å²) in [6.07, 6.45) is 0. The molecule has 1 aromatic heterocycles. The van der Waals surface area contributed by atoms with E-state index in [0.717, 1.165) is 33.7 Å². The molecule has 0 aliphatic carbocycles. The summed E-state index contributed by atoms with van der Waals surface area (Å²) in [5.41, 5.74) is 2.38. The number of nitro groups is 1. The standard InChI is InChI=1S/C12H10N4O2S/c1-8-12(19-7-13)9(2)15(14-8)10-3-5-11(6-4-10)16(17)18/h3-6H,1-2H3. The molecule has 96 valence electrons. The molecule has 0 radical (unpaired) electrons. The maximum atomic E-state index is 10.6. The van der Waals surface area contributed by atoms with Crippen LogP contribution in [0, 0.1) is 34.6 Å². The van der Waals surface area contributed by atoms with Gasteiger partial charge in [0, 0.05) is 12.1 Å². The molecule has 0 aliphatic heterocycles. The van der Waals surface area contributed by atoms with Gasteiger partial charge in [-0.1, -0.05) is 0 Å². The van der Waals surface area contributed by atoms with Crippen LogP contribution in [0.15, 0.2) is 29.2 Å². The van der Waals surface area contributed by atoms with Crippen molar-refractivity contribution in [2.24, 2.45) is 0 Å². The lowest BCUT2D eigenvalue weighted by molar-refractivity contribution is -0.384. The third-order valence-electron chi connectivity index (χ3n) is 2.68. The van der Waals surface area contributed by atoms with Gasteiger partial charge in [-0.25, -0.2) is 4.68 Å². The van der Waals surface area contributed by atoms with Crippen LogP contribution in [0.3, 0.4) is 0 Å². The van der Waals surface area contributed by atoms with Gasteiger partial charge in [-0.05, 0) is 37.7 Å². The van der Waals surface area contributed by atoms with Crippen molar-refractivity contribution >= 4 is 17.4 Å². The maximum Gasteiger partial charge on any atom is 0.269 e. The Morgan fingerprint density at radius 3 is 2.53 bits per heavy atom. The summed E-state index contributed by atoms with van der Waals surface area (Å²) >= 11 is 1.07. The zero-order chi connectivity index (χ0) is 14.0. The van der Waals surface area contributed by atoms with Crippen LogP contribution in [0.1, 0.15) is 11.4 Å². The molecule has 7 heteroatoms. The average molecular weight is 274 g/mol. The molecule has 0 atom stereocenters. The first-order valence-electron chi connectivity index (χ1n) is 5.41. The van der Waals surface area contributed by atoms with Crippen molar-refractivity contribution in [1.82, 2.24) is 9.78 Å². The van der Waals surface area contributed by atoms with Crippen LogP contribution < -0.4 is 0 Å². The number of aromatic nitrogens is 2. The van der Waals surface area contributed by atoms with Gasteiger partial charge >= 0.3 is 0 Å². The predicted octanol–water partition coefficient (Wildman–Crippen LogP) is 2.97. The van der Waals surface area contributed by atoms with E-state index in [2.05, 4.69) is 5.10 Å². The summed E-state index contributed by atoms with van der Waals surface area (Å²) < 4.78 is 1.68. The molecule has 0 spiro atoms. The second kappa shape index (κ2) is 5.12. The van der Waals surface area contributed by atoms with Crippen LogP contribution in [-0.2, 0) is 0 Å². The highest BCUT2D eigenvalue weighted by atomic mass is 32.2. The number of hydrogen-bond donors (Lipinski definition) is 0. The smallest absolute Gasteiger partial charge is 0.258 e. The van der Waals surface area contributed by atoms with Crippen molar-refractivity contribution in [3.05, 3.63) is 45.8 Å². The van der Waals surface area contributed by atoms with Crippen LogP contribution in [0.5, 0.6) is 0 Å². The minimum absolute atomic E-state index is 0.0388. The molecule has 0 fully saturated rings. The number of nitrogens with zero attached hydrogens (tertiary/aromatic N) is 4. The van der Waals surface area contributed by atoms with E-state index in [1.807, 2.05) is 19.2 Å². The minimum atomic E-state index is -0.443. The molecule has 0 amide bonds. The molecular weight excluding hydrogens is 264 g/mol. The first kappa shape index (κ1) is 13.1. The molecule has 0 N–H and O–H groups in total. The second-order valence-corrected chi connectivity index (χ2v) is 4.67. The molecule has 2 rings (SSSR count). The van der Waals surface area contributed by atoms with Crippen molar-refractivity contribution in [3.63, 3.8) is 0 Å². The summed E-state index contributed by atoms with van der Waals surface area (Å²) in [5, 5.41) is 25.7. The van der Waals surface area contributed by atoms with Gasteiger partial charge in [-0.3, -0.25) is 10.1 Å². The van der Waals surface area contributed by atoms with Gasteiger partial charge in [0.2, 0.25) is 0 Å². The molecular formula is C12H10N4O2S. The quantitative estimate of drug-likeness (QED) is 0.372. The number of non-ortho nitro benzene ring substituents is 1. The third-order valence-corrected chi connectivity index (χ3v) is 3.56. The highest BCUT2D eigenvalue weighted by molar-refractivity contribution is 8.03. The lowest BCUT2D eigenvalue weighted by Gasteiger charge is -2.03. The first-order valence-corrected chi connectivity index (χ1v) is 6.23. The lowest BCUT2D eigenvalue weighted by atomic mass is 10.3. The average Bonchev–Trinajstić information content (AvgIpc) is 2.67. The Balaban J connectivity index is 2.45. The van der Waals surface area contributed by atoms with Crippen LogP contribution in [0.25, 0.3) is 5.69 Å². The van der Waals surface area contributed by atoms with E-state index in [0.29, 0.717) is 0 Å². The Morgan fingerprint density at radius 2 is 2.00 bits per heavy atom. The van der Waals surface area contributed by atoms with Crippen molar-refractivity contribution in [2.45, 2.75) is 18.7 Å². The Kier molecular flexibility index (Phi) is 3.53. The molecule has 6 nitrogen and oxygen atoms in total. The zero-order valence-corrected chi connectivity index (χ0v) is 11.1. The normalized spacial score (nSPS) is 10.2. The van der Waals surface area contributed by atoms with Gasteiger partial charge in [0.1, 0.15) is 5.40 Å². The molecule has 0 unspecified atom stereocenters. The van der Waals surface area contributed by atoms with E-state index in [-0.39, 0.29) is 5.69 Å². The highest BCUT2D eigenvalue weighted by Gasteiger charge is 2.14. The fourth-order valence-electron chi connectivity index (χ4n) is 1.79. The maximum absolute atomic E-state index is 10.6. The van der Waals surface area contributed by atoms with E-state index in [9.17, 15) is 10.1 Å². The fourth-order valence-corrected chi connectivity index (χ4v) is 2.30. The van der Waals surface area contributed by atoms with Gasteiger partial charge in [0.15, 0.2) is 0 Å². The van der Waals surface area contributed by atoms with Crippen LogP contribution in [0.4, 0.5) is 5.69 Å². The number of benzene rings is 1. The fraction of sp³-hybridized carbons (Fsp3) is 0.167. The minimum Gasteiger partial charge on any atom is -0.258 e. The van der Waals surface area contributed by atoms with Gasteiger partial charge in [0.05, 0.1) is 26.9 Å². The summed E-state index contributed by atoms with van der Waals surface area (Å²) in [5.74, 6) is 0. The molecule has 1 aromatic carbocycles. The topological polar surface area (TPSA) is 84.8 Å². The van der Waals surface area contributed by atoms with E-state index in [1.165, 1.54) is 12.1 Å². The Morgan fingerprint density at radius 1 is 1.37 bits per heavy atom. The summed E-state index contributed by atoms with van der Waals surface area (Å²) in [4.78, 5) is 11.0. The van der Waals surface area contributed by atoms with Gasteiger partial charge in [-0.2, -0.15) is 10.4 Å². The molecule has 2 aromatic rings. The van der Waals surface area contributed by atoms with E-state index in [4.69, 9.17) is 5.26 Å². The highest BCUT2D eigenvalue weighted by Crippen LogP contribution is 2.27. The molecule has 19 heavy (non-hydrogen) atoms. The second-order valence-electron chi connectivity index (χ2n) is 3.88. The van der Waals surface area contributed by atoms with Crippen molar-refractivity contribution in [2.75, 3.05) is 0 Å². The van der Waals surface area contributed by atoms with E-state index in [1.54, 1.807) is 16.8 Å². The predicted molar refractivity (Wildman–Crippen MR) is 71.2 cm³/mol. The van der Waals surface area contributed by atoms with E-state index < -0.39 is 4.92 Å². The lowest BCUT2D eigenvalue weighted by Crippen LogP contribution is -1.99. The number of thioether (sulfide) groups is 1. The SMILES string of the molecule is Cc1nn(-c2ccc([N+](=O)[O-])cc2)c(C)c1SC#N. The number of thiocyanates is 1. The van der Waals surface area contributed by atoms with Crippen LogP contribution >= 0.6 is 11.8 Å². The number of aryl methyl sites for hydroxylation is 1. The van der Waals surface area contributed by atoms with Gasteiger partial charge in [0.25, 0.3) is 5.69 Å². The van der Waals surface area contributed by atoms with Gasteiger partial charge < -0.3 is 0 Å². The summed E-state index contributed by atoms with van der Waals surface area (Å²) in [6, 6.07) is 6.14. The molecule has 0 saturated heterocycles. The number of nitro benzene ring substituents is 1.